The molecule has 2 amide bonds. The molecule has 7 nitrogen and oxygen atoms in total. The highest BCUT2D eigenvalue weighted by molar-refractivity contribution is 7.92. The summed E-state index contributed by atoms with van der Waals surface area (Å²) in [5, 5.41) is 3.60. The van der Waals surface area contributed by atoms with Gasteiger partial charge in [0.25, 0.3) is 10.0 Å². The molecule has 1 aliphatic rings. The van der Waals surface area contributed by atoms with Crippen LogP contribution >= 0.6 is 11.6 Å². The Morgan fingerprint density at radius 2 is 1.47 bits per heavy atom. The van der Waals surface area contributed by atoms with Crippen LogP contribution in [-0.2, 0) is 32.6 Å². The average molecular weight is 644 g/mol. The third-order valence-electron chi connectivity index (χ3n) is 8.14. The Morgan fingerprint density at radius 3 is 2.09 bits per heavy atom. The van der Waals surface area contributed by atoms with Crippen LogP contribution in [0.2, 0.25) is 5.02 Å². The van der Waals surface area contributed by atoms with Crippen molar-refractivity contribution in [2.45, 2.75) is 62.6 Å². The van der Waals surface area contributed by atoms with E-state index in [4.69, 9.17) is 11.6 Å². The zero-order valence-electron chi connectivity index (χ0n) is 25.3. The van der Waals surface area contributed by atoms with E-state index >= 15 is 0 Å². The summed E-state index contributed by atoms with van der Waals surface area (Å²) in [7, 11) is -4.19. The zero-order chi connectivity index (χ0) is 31.8. The van der Waals surface area contributed by atoms with Gasteiger partial charge in [0.05, 0.1) is 10.6 Å². The number of halogens is 1. The second-order valence-corrected chi connectivity index (χ2v) is 13.8. The van der Waals surface area contributed by atoms with Gasteiger partial charge in [0, 0.05) is 24.0 Å². The van der Waals surface area contributed by atoms with E-state index < -0.39 is 28.5 Å². The van der Waals surface area contributed by atoms with E-state index in [2.05, 4.69) is 5.32 Å². The number of hydrogen-bond donors (Lipinski definition) is 1. The minimum atomic E-state index is -4.19. The van der Waals surface area contributed by atoms with Gasteiger partial charge in [-0.1, -0.05) is 97.2 Å². The number of amides is 2. The summed E-state index contributed by atoms with van der Waals surface area (Å²) in [6.45, 7) is 1.50. The molecule has 9 heteroatoms. The van der Waals surface area contributed by atoms with Gasteiger partial charge in [-0.2, -0.15) is 0 Å². The topological polar surface area (TPSA) is 86.8 Å². The predicted molar refractivity (Wildman–Crippen MR) is 178 cm³/mol. The van der Waals surface area contributed by atoms with Crippen LogP contribution < -0.4 is 9.62 Å². The van der Waals surface area contributed by atoms with Crippen molar-refractivity contribution in [1.29, 1.82) is 0 Å². The summed E-state index contributed by atoms with van der Waals surface area (Å²) >= 11 is 6.07. The van der Waals surface area contributed by atoms with E-state index in [-0.39, 0.29) is 29.8 Å². The fourth-order valence-electron chi connectivity index (χ4n) is 5.75. The highest BCUT2D eigenvalue weighted by Crippen LogP contribution is 2.27. The number of carbonyl (C=O) groups excluding carboxylic acids is 2. The minimum Gasteiger partial charge on any atom is -0.352 e. The van der Waals surface area contributed by atoms with Gasteiger partial charge in [-0.25, -0.2) is 8.42 Å². The molecular formula is C36H38ClN3O4S. The average Bonchev–Trinajstić information content (AvgIpc) is 3.55. The standard InChI is InChI=1S/C36H38ClN3O4S/c1-27-11-10-18-32(23-27)40(45(43,44)33-21-19-30(37)20-22-33)26-35(41)39(25-29-14-6-3-7-15-29)34(24-28-12-4-2-5-13-28)36(42)38-31-16-8-9-17-31/h2-7,10-15,18-23,31,34H,8-9,16-17,24-26H2,1H3,(H,38,42)/t34-/m0/s1. The molecule has 1 N–H and O–H groups in total. The maximum Gasteiger partial charge on any atom is 0.264 e. The van der Waals surface area contributed by atoms with Crippen molar-refractivity contribution in [2.24, 2.45) is 0 Å². The summed E-state index contributed by atoms with van der Waals surface area (Å²) in [4.78, 5) is 30.1. The number of nitrogens with one attached hydrogen (secondary N) is 1. The number of hydrogen-bond acceptors (Lipinski definition) is 4. The van der Waals surface area contributed by atoms with Gasteiger partial charge >= 0.3 is 0 Å². The molecule has 1 atom stereocenters. The van der Waals surface area contributed by atoms with Crippen LogP contribution in [0.3, 0.4) is 0 Å². The van der Waals surface area contributed by atoms with Gasteiger partial charge in [0.15, 0.2) is 0 Å². The Morgan fingerprint density at radius 1 is 0.844 bits per heavy atom. The molecule has 234 valence electrons. The first-order chi connectivity index (χ1) is 21.7. The van der Waals surface area contributed by atoms with Crippen LogP contribution in [0.4, 0.5) is 5.69 Å². The van der Waals surface area contributed by atoms with E-state index in [0.29, 0.717) is 10.7 Å². The monoisotopic (exact) mass is 643 g/mol. The van der Waals surface area contributed by atoms with E-state index in [1.54, 1.807) is 18.2 Å². The maximum atomic E-state index is 14.5. The first kappa shape index (κ1) is 32.3. The number of nitrogens with zero attached hydrogens (tertiary/aromatic N) is 2. The summed E-state index contributed by atoms with van der Waals surface area (Å²) < 4.78 is 29.4. The van der Waals surface area contributed by atoms with Crippen LogP contribution in [0.5, 0.6) is 0 Å². The first-order valence-corrected chi connectivity index (χ1v) is 17.1. The highest BCUT2D eigenvalue weighted by Gasteiger charge is 2.35. The van der Waals surface area contributed by atoms with Crippen LogP contribution in [0.15, 0.2) is 114 Å². The number of sulfonamides is 1. The molecule has 0 radical (unpaired) electrons. The van der Waals surface area contributed by atoms with Crippen molar-refractivity contribution < 1.29 is 18.0 Å². The van der Waals surface area contributed by atoms with Crippen molar-refractivity contribution >= 4 is 39.1 Å². The van der Waals surface area contributed by atoms with Crippen LogP contribution in [0.1, 0.15) is 42.4 Å². The zero-order valence-corrected chi connectivity index (χ0v) is 26.9. The molecule has 0 spiro atoms. The van der Waals surface area contributed by atoms with Gasteiger partial charge in [0.2, 0.25) is 11.8 Å². The molecule has 0 heterocycles. The molecule has 0 aromatic heterocycles. The molecule has 0 aliphatic heterocycles. The lowest BCUT2D eigenvalue weighted by molar-refractivity contribution is -0.140. The van der Waals surface area contributed by atoms with Gasteiger partial charge in [-0.3, -0.25) is 13.9 Å². The van der Waals surface area contributed by atoms with E-state index in [1.807, 2.05) is 73.7 Å². The summed E-state index contributed by atoms with van der Waals surface area (Å²) in [5.74, 6) is -0.724. The highest BCUT2D eigenvalue weighted by atomic mass is 35.5. The normalized spacial score (nSPS) is 14.1. The first-order valence-electron chi connectivity index (χ1n) is 15.2. The minimum absolute atomic E-state index is 0.00984. The predicted octanol–water partition coefficient (Wildman–Crippen LogP) is 6.54. The Kier molecular flexibility index (Phi) is 10.6. The molecule has 1 aliphatic carbocycles. The summed E-state index contributed by atoms with van der Waals surface area (Å²) in [5.41, 5.74) is 2.93. The Labute approximate surface area is 270 Å². The summed E-state index contributed by atoms with van der Waals surface area (Å²) in [6, 6.07) is 31.1. The fourth-order valence-corrected chi connectivity index (χ4v) is 7.28. The van der Waals surface area contributed by atoms with Crippen molar-refractivity contribution in [3.63, 3.8) is 0 Å². The summed E-state index contributed by atoms with van der Waals surface area (Å²) in [6.07, 6.45) is 4.18. The molecule has 45 heavy (non-hydrogen) atoms. The molecule has 0 bridgehead atoms. The van der Waals surface area contributed by atoms with Gasteiger partial charge in [0.1, 0.15) is 12.6 Å². The van der Waals surface area contributed by atoms with Crippen LogP contribution in [0, 0.1) is 6.92 Å². The molecule has 1 fully saturated rings. The number of carbonyl (C=O) groups is 2. The number of benzene rings is 4. The molecule has 0 saturated heterocycles. The van der Waals surface area contributed by atoms with E-state index in [1.165, 1.54) is 29.2 Å². The molecule has 5 rings (SSSR count). The lowest BCUT2D eigenvalue weighted by Crippen LogP contribution is -2.54. The second-order valence-electron chi connectivity index (χ2n) is 11.5. The van der Waals surface area contributed by atoms with E-state index in [0.717, 1.165) is 46.7 Å². The van der Waals surface area contributed by atoms with Crippen LogP contribution in [-0.4, -0.2) is 43.8 Å². The largest absolute Gasteiger partial charge is 0.352 e. The second kappa shape index (κ2) is 14.8. The SMILES string of the molecule is Cc1cccc(N(CC(=O)N(Cc2ccccc2)[C@@H](Cc2ccccc2)C(=O)NC2CCCC2)S(=O)(=O)c2ccc(Cl)cc2)c1. The van der Waals surface area contributed by atoms with Crippen LogP contribution in [0.25, 0.3) is 0 Å². The lowest BCUT2D eigenvalue weighted by atomic mass is 10.0. The van der Waals surface area contributed by atoms with Gasteiger partial charge in [-0.15, -0.1) is 0 Å². The third-order valence-corrected chi connectivity index (χ3v) is 10.2. The van der Waals surface area contributed by atoms with Gasteiger partial charge < -0.3 is 10.2 Å². The molecule has 4 aromatic rings. The third kappa shape index (κ3) is 8.32. The quantitative estimate of drug-likeness (QED) is 0.190. The number of rotatable bonds is 12. The fraction of sp³-hybridized carbons (Fsp3) is 0.278. The Hall–Kier alpha value is -4.14. The molecule has 0 unspecified atom stereocenters. The van der Waals surface area contributed by atoms with Crippen molar-refractivity contribution in [1.82, 2.24) is 10.2 Å². The maximum absolute atomic E-state index is 14.5. The Bertz CT molecular complexity index is 1690. The molecule has 1 saturated carbocycles. The van der Waals surface area contributed by atoms with Crippen molar-refractivity contribution in [2.75, 3.05) is 10.8 Å². The van der Waals surface area contributed by atoms with Crippen molar-refractivity contribution in [3.05, 3.63) is 131 Å². The van der Waals surface area contributed by atoms with E-state index in [9.17, 15) is 18.0 Å². The lowest BCUT2D eigenvalue weighted by Gasteiger charge is -2.34. The smallest absolute Gasteiger partial charge is 0.264 e. The van der Waals surface area contributed by atoms with Gasteiger partial charge in [-0.05, 0) is 72.9 Å². The molecule has 4 aromatic carbocycles. The number of aryl methyl sites for hydroxylation is 1. The van der Waals surface area contributed by atoms with Crippen molar-refractivity contribution in [3.8, 4) is 0 Å². The Balaban J connectivity index is 1.55. The molecular weight excluding hydrogens is 606 g/mol. The number of anilines is 1.